The molecule has 5 rings (SSSR count). The number of fused-ring (bicyclic) bond motifs is 5. The molecule has 1 aliphatic heterocycles. The van der Waals surface area contributed by atoms with Gasteiger partial charge in [-0.05, 0) is 42.5 Å². The van der Waals surface area contributed by atoms with Crippen molar-refractivity contribution in [2.45, 2.75) is 56.5 Å². The van der Waals surface area contributed by atoms with E-state index in [1.165, 1.54) is 49.0 Å². The average molecular weight is 427 g/mol. The van der Waals surface area contributed by atoms with Crippen LogP contribution in [0.5, 0.6) is 0 Å². The second-order valence-electron chi connectivity index (χ2n) is 8.51. The molecule has 0 radical (unpaired) electrons. The molecule has 0 aromatic carbocycles. The number of likely N-dealkylation sites (N-methyl/N-ethyl adjacent to an activating group) is 1. The maximum Gasteiger partial charge on any atom is 0.348 e. The number of esters is 1. The Balaban J connectivity index is 1.77. The van der Waals surface area contributed by atoms with E-state index in [1.54, 1.807) is 24.1 Å². The fourth-order valence-electron chi connectivity index (χ4n) is 5.35. The Morgan fingerprint density at radius 2 is 2.03 bits per heavy atom. The lowest BCUT2D eigenvalue weighted by Gasteiger charge is -2.32. The van der Waals surface area contributed by atoms with Gasteiger partial charge in [-0.25, -0.2) is 4.79 Å². The first-order valence-corrected chi connectivity index (χ1v) is 11.4. The molecule has 1 fully saturated rings. The second kappa shape index (κ2) is 7.30. The monoisotopic (exact) mass is 426 g/mol. The number of allylic oxidation sites excluding steroid dienone is 1. The Labute approximate surface area is 179 Å². The molecule has 2 aromatic rings. The van der Waals surface area contributed by atoms with Gasteiger partial charge in [-0.15, -0.1) is 11.3 Å². The number of hydrogen-bond donors (Lipinski definition) is 1. The summed E-state index contributed by atoms with van der Waals surface area (Å²) in [6.45, 7) is 0.238. The molecule has 158 valence electrons. The third kappa shape index (κ3) is 2.90. The topological polar surface area (TPSA) is 71.8 Å². The lowest BCUT2D eigenvalue weighted by molar-refractivity contribution is -0.131. The van der Waals surface area contributed by atoms with E-state index in [0.717, 1.165) is 23.1 Å². The minimum atomic E-state index is -0.333. The molecule has 1 amide bonds. The van der Waals surface area contributed by atoms with Gasteiger partial charge in [0.05, 0.1) is 23.4 Å². The van der Waals surface area contributed by atoms with Crippen LogP contribution in [0, 0.1) is 0 Å². The number of carbonyl (C=O) groups is 2. The number of thiophene rings is 1. The molecule has 0 spiro atoms. The third-order valence-electron chi connectivity index (χ3n) is 6.85. The smallest absolute Gasteiger partial charge is 0.348 e. The maximum atomic E-state index is 13.0. The fraction of sp³-hybridized carbons (Fsp3) is 0.478. The Morgan fingerprint density at radius 1 is 1.27 bits per heavy atom. The zero-order valence-electron chi connectivity index (χ0n) is 17.3. The van der Waals surface area contributed by atoms with Gasteiger partial charge in [0.25, 0.3) is 0 Å². The van der Waals surface area contributed by atoms with Crippen molar-refractivity contribution >= 4 is 33.4 Å². The first-order chi connectivity index (χ1) is 14.5. The molecular formula is C23H26N2O4S. The van der Waals surface area contributed by atoms with Gasteiger partial charge in [0.2, 0.25) is 5.91 Å². The summed E-state index contributed by atoms with van der Waals surface area (Å²) in [5, 5.41) is 10.1. The van der Waals surface area contributed by atoms with Gasteiger partial charge in [-0.1, -0.05) is 25.3 Å². The molecule has 2 unspecified atom stereocenters. The number of amides is 1. The maximum absolute atomic E-state index is 13.0. The predicted molar refractivity (Wildman–Crippen MR) is 116 cm³/mol. The molecule has 0 bridgehead atoms. The molecule has 2 aromatic heterocycles. The van der Waals surface area contributed by atoms with Crippen LogP contribution in [0.2, 0.25) is 0 Å². The first kappa shape index (κ1) is 19.4. The molecule has 0 saturated heterocycles. The minimum Gasteiger partial charge on any atom is -0.508 e. The summed E-state index contributed by atoms with van der Waals surface area (Å²) in [6.07, 6.45) is 11.5. The molecule has 7 heteroatoms. The van der Waals surface area contributed by atoms with E-state index in [1.807, 2.05) is 12.1 Å². The number of aromatic nitrogens is 1. The Hall–Kier alpha value is -2.54. The number of hydrogen-bond acceptors (Lipinski definition) is 5. The van der Waals surface area contributed by atoms with Gasteiger partial charge in [-0.2, -0.15) is 0 Å². The van der Waals surface area contributed by atoms with Gasteiger partial charge in [0.1, 0.15) is 17.2 Å². The van der Waals surface area contributed by atoms with Gasteiger partial charge < -0.3 is 19.3 Å². The van der Waals surface area contributed by atoms with Crippen LogP contribution in [0.15, 0.2) is 30.1 Å². The van der Waals surface area contributed by atoms with Crippen LogP contribution >= 0.6 is 11.3 Å². The summed E-state index contributed by atoms with van der Waals surface area (Å²) in [6, 6.07) is 1.67. The van der Waals surface area contributed by atoms with Crippen LogP contribution in [-0.4, -0.2) is 46.6 Å². The molecule has 3 aliphatic rings. The Bertz CT molecular complexity index is 1090. The van der Waals surface area contributed by atoms with Crippen LogP contribution in [0.4, 0.5) is 0 Å². The highest BCUT2D eigenvalue weighted by Crippen LogP contribution is 2.48. The summed E-state index contributed by atoms with van der Waals surface area (Å²) in [7, 11) is 3.21. The van der Waals surface area contributed by atoms with Gasteiger partial charge in [-0.3, -0.25) is 4.79 Å². The van der Waals surface area contributed by atoms with Gasteiger partial charge in [0.15, 0.2) is 0 Å². The van der Waals surface area contributed by atoms with Crippen molar-refractivity contribution in [3.8, 4) is 0 Å². The van der Waals surface area contributed by atoms with Crippen LogP contribution in [0.25, 0.3) is 10.2 Å². The summed E-state index contributed by atoms with van der Waals surface area (Å²) in [5.74, 6) is 0.274. The van der Waals surface area contributed by atoms with E-state index in [2.05, 4.69) is 4.57 Å². The van der Waals surface area contributed by atoms with Crippen LogP contribution in [-0.2, 0) is 16.1 Å². The molecule has 6 nitrogen and oxygen atoms in total. The van der Waals surface area contributed by atoms with Crippen molar-refractivity contribution in [2.75, 3.05) is 14.2 Å². The largest absolute Gasteiger partial charge is 0.508 e. The van der Waals surface area contributed by atoms with Gasteiger partial charge in [0, 0.05) is 18.7 Å². The summed E-state index contributed by atoms with van der Waals surface area (Å²) in [4.78, 5) is 27.6. The zero-order chi connectivity index (χ0) is 21.0. The van der Waals surface area contributed by atoms with E-state index in [0.29, 0.717) is 10.8 Å². The van der Waals surface area contributed by atoms with Crippen molar-refractivity contribution in [3.05, 3.63) is 46.2 Å². The molecule has 2 atom stereocenters. The van der Waals surface area contributed by atoms with Crippen LogP contribution in [0.1, 0.15) is 64.9 Å². The quantitative estimate of drug-likeness (QED) is 0.719. The van der Waals surface area contributed by atoms with Crippen LogP contribution in [0.3, 0.4) is 0 Å². The van der Waals surface area contributed by atoms with Crippen LogP contribution < -0.4 is 0 Å². The molecule has 30 heavy (non-hydrogen) atoms. The van der Waals surface area contributed by atoms with E-state index < -0.39 is 0 Å². The van der Waals surface area contributed by atoms with Crippen molar-refractivity contribution in [1.29, 1.82) is 0 Å². The molecule has 3 heterocycles. The molecule has 1 saturated carbocycles. The van der Waals surface area contributed by atoms with E-state index in [4.69, 9.17) is 4.74 Å². The number of nitrogens with zero attached hydrogens (tertiary/aromatic N) is 2. The van der Waals surface area contributed by atoms with E-state index >= 15 is 0 Å². The van der Waals surface area contributed by atoms with Crippen molar-refractivity contribution < 1.29 is 19.4 Å². The zero-order valence-corrected chi connectivity index (χ0v) is 18.1. The molecular weight excluding hydrogens is 400 g/mol. The number of rotatable bonds is 2. The fourth-order valence-corrected chi connectivity index (χ4v) is 6.56. The summed E-state index contributed by atoms with van der Waals surface area (Å²) in [5.41, 5.74) is 3.41. The lowest BCUT2D eigenvalue weighted by Crippen LogP contribution is -2.39. The predicted octanol–water partition coefficient (Wildman–Crippen LogP) is 4.47. The third-order valence-corrected chi connectivity index (χ3v) is 7.99. The van der Waals surface area contributed by atoms with Crippen molar-refractivity contribution in [2.24, 2.45) is 0 Å². The van der Waals surface area contributed by atoms with E-state index in [-0.39, 0.29) is 36.1 Å². The van der Waals surface area contributed by atoms with Crippen molar-refractivity contribution in [1.82, 2.24) is 9.47 Å². The highest BCUT2D eigenvalue weighted by molar-refractivity contribution is 7.21. The second-order valence-corrected chi connectivity index (χ2v) is 9.56. The standard InChI is InChI=1S/C23H26N2O4S/c1-24-16-10-14(26)8-9-15(16)21-20(13-6-4-3-5-7-13)22-17(25(21)12-19(24)27)11-18(30-22)23(28)29-2/h8-11,13,15-16,26H,3-7,12H2,1-2H3. The normalized spacial score (nSPS) is 24.4. The number of aliphatic hydroxyl groups is 1. The summed E-state index contributed by atoms with van der Waals surface area (Å²) < 4.78 is 8.19. The lowest BCUT2D eigenvalue weighted by atomic mass is 9.80. The Morgan fingerprint density at radius 3 is 2.77 bits per heavy atom. The number of methoxy groups -OCH3 is 1. The Kier molecular flexibility index (Phi) is 4.73. The average Bonchev–Trinajstić information content (AvgIpc) is 3.28. The molecule has 2 aliphatic carbocycles. The minimum absolute atomic E-state index is 0.000937. The van der Waals surface area contributed by atoms with E-state index in [9.17, 15) is 14.7 Å². The SMILES string of the molecule is COC(=O)c1cc2c(s1)c(C1CCCCC1)c1n2CC(=O)N(C)C2C=C(O)C=CC12. The highest BCUT2D eigenvalue weighted by atomic mass is 32.1. The first-order valence-electron chi connectivity index (χ1n) is 10.6. The summed E-state index contributed by atoms with van der Waals surface area (Å²) >= 11 is 1.48. The molecule has 1 N–H and O–H groups in total. The number of aliphatic hydroxyl groups excluding tert-OH is 1. The number of ether oxygens (including phenoxy) is 1. The van der Waals surface area contributed by atoms with Crippen molar-refractivity contribution in [3.63, 3.8) is 0 Å². The highest BCUT2D eigenvalue weighted by Gasteiger charge is 2.39. The number of carbonyl (C=O) groups excluding carboxylic acids is 2. The van der Waals surface area contributed by atoms with Gasteiger partial charge >= 0.3 is 5.97 Å².